The van der Waals surface area contributed by atoms with Gasteiger partial charge in [-0.2, -0.15) is 0 Å². The lowest BCUT2D eigenvalue weighted by atomic mass is 10.1. The van der Waals surface area contributed by atoms with Crippen LogP contribution in [-0.4, -0.2) is 48.1 Å². The summed E-state index contributed by atoms with van der Waals surface area (Å²) < 4.78 is 6.68. The molecule has 136 valence electrons. The number of hydrogen-bond donors (Lipinski definition) is 1. The number of nitrogens with zero attached hydrogens (tertiary/aromatic N) is 2. The van der Waals surface area contributed by atoms with Crippen LogP contribution in [0.3, 0.4) is 0 Å². The van der Waals surface area contributed by atoms with Gasteiger partial charge in [-0.15, -0.1) is 24.8 Å². The number of nitrogens with one attached hydrogen (secondary N) is 1. The molecule has 5 nitrogen and oxygen atoms in total. The van der Waals surface area contributed by atoms with Gasteiger partial charge in [0.05, 0.1) is 12.2 Å². The van der Waals surface area contributed by atoms with E-state index >= 15 is 0 Å². The van der Waals surface area contributed by atoms with Gasteiger partial charge in [-0.1, -0.05) is 22.0 Å². The molecule has 1 aliphatic heterocycles. The monoisotopic (exact) mass is 447 g/mol. The Bertz CT molecular complexity index is 676. The molecule has 1 aromatic heterocycles. The third kappa shape index (κ3) is 5.85. The van der Waals surface area contributed by atoms with Crippen molar-refractivity contribution in [2.24, 2.45) is 0 Å². The molecule has 0 saturated carbocycles. The minimum absolute atomic E-state index is 0. The fraction of sp³-hybridized carbons (Fsp3) is 0.294. The third-order valence-corrected chi connectivity index (χ3v) is 4.25. The molecular formula is C17H20BrCl2N3O2. The molecule has 1 N–H and O–H groups in total. The van der Waals surface area contributed by atoms with Gasteiger partial charge in [-0.25, -0.2) is 0 Å². The zero-order valence-corrected chi connectivity index (χ0v) is 16.6. The van der Waals surface area contributed by atoms with Gasteiger partial charge in [-0.05, 0) is 30.3 Å². The molecule has 1 atom stereocenters. The Kier molecular flexibility index (Phi) is 9.21. The van der Waals surface area contributed by atoms with Gasteiger partial charge in [0.1, 0.15) is 12.4 Å². The van der Waals surface area contributed by atoms with Crippen LogP contribution in [0.1, 0.15) is 10.4 Å². The fourth-order valence-electron chi connectivity index (χ4n) is 2.59. The minimum atomic E-state index is -0.00422. The molecule has 0 radical (unpaired) electrons. The molecule has 1 fully saturated rings. The molecule has 1 saturated heterocycles. The second-order valence-corrected chi connectivity index (χ2v) is 6.28. The normalized spacial score (nSPS) is 16.4. The summed E-state index contributed by atoms with van der Waals surface area (Å²) in [4.78, 5) is 18.7. The quantitative estimate of drug-likeness (QED) is 0.780. The molecule has 3 rings (SSSR count). The SMILES string of the molecule is Cl.Cl.O=C(c1cccc(Br)c1)N1CCNCC1COc1cccnc1. The molecule has 0 spiro atoms. The number of hydrogen-bond acceptors (Lipinski definition) is 4. The van der Waals surface area contributed by atoms with Crippen molar-refractivity contribution >= 4 is 46.7 Å². The summed E-state index contributed by atoms with van der Waals surface area (Å²) in [6, 6.07) is 11.2. The zero-order chi connectivity index (χ0) is 16.1. The second-order valence-electron chi connectivity index (χ2n) is 5.37. The Labute approximate surface area is 168 Å². The Morgan fingerprint density at radius 1 is 1.32 bits per heavy atom. The van der Waals surface area contributed by atoms with E-state index in [2.05, 4.69) is 26.2 Å². The van der Waals surface area contributed by atoms with Gasteiger partial charge >= 0.3 is 0 Å². The maximum atomic E-state index is 12.8. The lowest BCUT2D eigenvalue weighted by molar-refractivity contribution is 0.0559. The number of pyridine rings is 1. The Morgan fingerprint density at radius 3 is 2.88 bits per heavy atom. The predicted molar refractivity (Wildman–Crippen MR) is 106 cm³/mol. The first-order chi connectivity index (χ1) is 11.2. The van der Waals surface area contributed by atoms with Gasteiger partial charge in [0.25, 0.3) is 5.91 Å². The number of halogens is 3. The number of piperazine rings is 1. The number of carbonyl (C=O) groups is 1. The summed E-state index contributed by atoms with van der Waals surface area (Å²) in [5, 5.41) is 3.32. The molecule has 0 bridgehead atoms. The smallest absolute Gasteiger partial charge is 0.254 e. The van der Waals surface area contributed by atoms with Crippen LogP contribution in [0.25, 0.3) is 0 Å². The number of benzene rings is 1. The van der Waals surface area contributed by atoms with E-state index in [1.807, 2.05) is 41.3 Å². The standard InChI is InChI=1S/C17H18BrN3O2.2ClH/c18-14-4-1-3-13(9-14)17(22)21-8-7-20-10-15(21)12-23-16-5-2-6-19-11-16;;/h1-6,9,11,15,20H,7-8,10,12H2;2*1H. The maximum Gasteiger partial charge on any atom is 0.254 e. The number of ether oxygens (including phenoxy) is 1. The van der Waals surface area contributed by atoms with Gasteiger partial charge < -0.3 is 15.0 Å². The molecule has 1 unspecified atom stereocenters. The number of carbonyl (C=O) groups excluding carboxylic acids is 1. The van der Waals surface area contributed by atoms with Gasteiger partial charge in [0, 0.05) is 35.9 Å². The molecule has 1 aromatic carbocycles. The lowest BCUT2D eigenvalue weighted by Gasteiger charge is -2.36. The molecular weight excluding hydrogens is 429 g/mol. The molecule has 8 heteroatoms. The Morgan fingerprint density at radius 2 is 2.16 bits per heavy atom. The predicted octanol–water partition coefficient (Wildman–Crippen LogP) is 3.18. The molecule has 1 amide bonds. The molecule has 0 aliphatic carbocycles. The number of aromatic nitrogens is 1. The van der Waals surface area contributed by atoms with Gasteiger partial charge in [0.15, 0.2) is 0 Å². The average molecular weight is 449 g/mol. The van der Waals surface area contributed by atoms with Crippen molar-refractivity contribution in [3.05, 3.63) is 58.8 Å². The van der Waals surface area contributed by atoms with Crippen LogP contribution >= 0.6 is 40.7 Å². The summed E-state index contributed by atoms with van der Waals surface area (Å²) >= 11 is 3.42. The van der Waals surface area contributed by atoms with Gasteiger partial charge in [-0.3, -0.25) is 9.78 Å². The maximum absolute atomic E-state index is 12.8. The highest BCUT2D eigenvalue weighted by atomic mass is 79.9. The summed E-state index contributed by atoms with van der Waals surface area (Å²) in [5.74, 6) is 0.750. The molecule has 2 aromatic rings. The average Bonchev–Trinajstić information content (AvgIpc) is 2.60. The van der Waals surface area contributed by atoms with E-state index in [9.17, 15) is 4.79 Å². The summed E-state index contributed by atoms with van der Waals surface area (Å²) in [5.41, 5.74) is 0.688. The van der Waals surface area contributed by atoms with E-state index in [4.69, 9.17) is 4.74 Å². The van der Waals surface area contributed by atoms with E-state index in [0.29, 0.717) is 24.5 Å². The highest BCUT2D eigenvalue weighted by molar-refractivity contribution is 9.10. The van der Waals surface area contributed by atoms with Crippen molar-refractivity contribution in [2.75, 3.05) is 26.2 Å². The third-order valence-electron chi connectivity index (χ3n) is 3.76. The van der Waals surface area contributed by atoms with Crippen molar-refractivity contribution in [1.82, 2.24) is 15.2 Å². The summed E-state index contributed by atoms with van der Waals surface area (Å²) in [7, 11) is 0. The fourth-order valence-corrected chi connectivity index (χ4v) is 2.99. The van der Waals surface area contributed by atoms with Crippen LogP contribution in [0.4, 0.5) is 0 Å². The summed E-state index contributed by atoms with van der Waals surface area (Å²) in [6.07, 6.45) is 3.38. The summed E-state index contributed by atoms with van der Waals surface area (Å²) in [6.45, 7) is 2.63. The Hall–Kier alpha value is -1.34. The zero-order valence-electron chi connectivity index (χ0n) is 13.4. The van der Waals surface area contributed by atoms with E-state index in [-0.39, 0.29) is 36.8 Å². The van der Waals surface area contributed by atoms with E-state index in [1.165, 1.54) is 0 Å². The Balaban J connectivity index is 0.00000156. The van der Waals surface area contributed by atoms with Crippen LogP contribution in [0.5, 0.6) is 5.75 Å². The first-order valence-electron chi connectivity index (χ1n) is 7.54. The largest absolute Gasteiger partial charge is 0.490 e. The topological polar surface area (TPSA) is 54.5 Å². The molecule has 2 heterocycles. The highest BCUT2D eigenvalue weighted by Crippen LogP contribution is 2.16. The van der Waals surface area contributed by atoms with Crippen LogP contribution in [0, 0.1) is 0 Å². The van der Waals surface area contributed by atoms with Crippen LogP contribution < -0.4 is 10.1 Å². The van der Waals surface area contributed by atoms with Crippen LogP contribution in [-0.2, 0) is 0 Å². The van der Waals surface area contributed by atoms with Crippen molar-refractivity contribution in [1.29, 1.82) is 0 Å². The van der Waals surface area contributed by atoms with Crippen LogP contribution in [0.15, 0.2) is 53.3 Å². The first-order valence-corrected chi connectivity index (χ1v) is 8.33. The van der Waals surface area contributed by atoms with Gasteiger partial charge in [0.2, 0.25) is 0 Å². The van der Waals surface area contributed by atoms with Crippen molar-refractivity contribution in [2.45, 2.75) is 6.04 Å². The highest BCUT2D eigenvalue weighted by Gasteiger charge is 2.28. The van der Waals surface area contributed by atoms with E-state index < -0.39 is 0 Å². The lowest BCUT2D eigenvalue weighted by Crippen LogP contribution is -2.55. The van der Waals surface area contributed by atoms with Crippen LogP contribution in [0.2, 0.25) is 0 Å². The number of rotatable bonds is 4. The number of amides is 1. The van der Waals surface area contributed by atoms with E-state index in [1.54, 1.807) is 12.4 Å². The molecule has 25 heavy (non-hydrogen) atoms. The second kappa shape index (κ2) is 10.6. The first kappa shape index (κ1) is 21.7. The molecule has 1 aliphatic rings. The van der Waals surface area contributed by atoms with Crippen molar-refractivity contribution in [3.63, 3.8) is 0 Å². The van der Waals surface area contributed by atoms with Crippen molar-refractivity contribution in [3.8, 4) is 5.75 Å². The van der Waals surface area contributed by atoms with E-state index in [0.717, 1.165) is 17.6 Å². The van der Waals surface area contributed by atoms with Crippen molar-refractivity contribution < 1.29 is 9.53 Å². The minimum Gasteiger partial charge on any atom is -0.490 e.